The molecule has 3 heterocycles. The zero-order chi connectivity index (χ0) is 19.3. The number of Topliss-reactive ketones (excluding diaryl/α,β-unsaturated/α-hetero) is 1. The molecule has 1 fully saturated rings. The Hall–Kier alpha value is -3.48. The number of rotatable bonds is 5. The average Bonchev–Trinajstić information content (AvgIpc) is 2.75. The van der Waals surface area contributed by atoms with Gasteiger partial charge in [-0.1, -0.05) is 18.2 Å². The highest BCUT2D eigenvalue weighted by molar-refractivity contribution is 5.95. The molecule has 1 aliphatic rings. The molecule has 0 spiro atoms. The third kappa shape index (κ3) is 4.09. The Bertz CT molecular complexity index is 954. The molecule has 142 valence electrons. The van der Waals surface area contributed by atoms with Gasteiger partial charge in [-0.2, -0.15) is 0 Å². The quantitative estimate of drug-likeness (QED) is 0.688. The van der Waals surface area contributed by atoms with Crippen LogP contribution in [0.5, 0.6) is 0 Å². The maximum absolute atomic E-state index is 11.6. The number of pyridine rings is 1. The number of carbonyl (C=O) groups is 1. The Kier molecular flexibility index (Phi) is 5.14. The third-order valence-electron chi connectivity index (χ3n) is 4.77. The molecule has 0 bridgehead atoms. The highest BCUT2D eigenvalue weighted by Gasteiger charge is 2.19. The molecule has 1 aliphatic heterocycles. The normalized spacial score (nSPS) is 14.0. The summed E-state index contributed by atoms with van der Waals surface area (Å²) < 4.78 is 0. The van der Waals surface area contributed by atoms with Crippen LogP contribution in [-0.4, -0.2) is 46.9 Å². The fraction of sp³-hybridized carbons (Fsp3) is 0.238. The molecule has 2 aromatic heterocycles. The van der Waals surface area contributed by atoms with E-state index in [0.29, 0.717) is 11.4 Å². The Labute approximate surface area is 164 Å². The molecule has 0 radical (unpaired) electrons. The molecule has 0 atom stereocenters. The van der Waals surface area contributed by atoms with Gasteiger partial charge in [-0.15, -0.1) is 0 Å². The summed E-state index contributed by atoms with van der Waals surface area (Å²) in [5, 5.41) is 3.26. The second-order valence-electron chi connectivity index (χ2n) is 6.69. The van der Waals surface area contributed by atoms with Crippen LogP contribution in [0.4, 0.5) is 23.1 Å². The largest absolute Gasteiger partial charge is 0.353 e. The lowest BCUT2D eigenvalue weighted by Crippen LogP contribution is -2.47. The first kappa shape index (κ1) is 17.9. The molecule has 0 saturated carbocycles. The van der Waals surface area contributed by atoms with Crippen molar-refractivity contribution in [3.05, 3.63) is 66.6 Å². The van der Waals surface area contributed by atoms with Crippen LogP contribution in [0.2, 0.25) is 0 Å². The third-order valence-corrected chi connectivity index (χ3v) is 4.77. The second-order valence-corrected chi connectivity index (χ2v) is 6.69. The predicted octanol–water partition coefficient (Wildman–Crippen LogP) is 3.14. The molecule has 7 nitrogen and oxygen atoms in total. The van der Waals surface area contributed by atoms with Crippen molar-refractivity contribution in [2.75, 3.05) is 41.3 Å². The van der Waals surface area contributed by atoms with E-state index >= 15 is 0 Å². The van der Waals surface area contributed by atoms with Crippen molar-refractivity contribution in [3.63, 3.8) is 0 Å². The van der Waals surface area contributed by atoms with Crippen LogP contribution >= 0.6 is 0 Å². The van der Waals surface area contributed by atoms with Crippen LogP contribution < -0.4 is 15.1 Å². The van der Waals surface area contributed by atoms with Gasteiger partial charge in [0.25, 0.3) is 0 Å². The summed E-state index contributed by atoms with van der Waals surface area (Å²) in [4.78, 5) is 29.3. The number of nitrogens with zero attached hydrogens (tertiary/aromatic N) is 5. The van der Waals surface area contributed by atoms with Gasteiger partial charge in [-0.3, -0.25) is 4.79 Å². The van der Waals surface area contributed by atoms with Gasteiger partial charge in [-0.05, 0) is 31.2 Å². The molecule has 3 aromatic rings. The van der Waals surface area contributed by atoms with Crippen LogP contribution in [0.15, 0.2) is 61.1 Å². The van der Waals surface area contributed by atoms with Crippen molar-refractivity contribution in [1.82, 2.24) is 15.0 Å². The molecule has 0 aliphatic carbocycles. The first-order chi connectivity index (χ1) is 13.7. The van der Waals surface area contributed by atoms with Crippen LogP contribution in [0.1, 0.15) is 17.3 Å². The lowest BCUT2D eigenvalue weighted by atomic mass is 10.1. The van der Waals surface area contributed by atoms with E-state index in [-0.39, 0.29) is 5.78 Å². The minimum Gasteiger partial charge on any atom is -0.353 e. The van der Waals surface area contributed by atoms with Gasteiger partial charge in [0.05, 0.1) is 0 Å². The van der Waals surface area contributed by atoms with Gasteiger partial charge in [0.2, 0.25) is 0 Å². The molecule has 1 N–H and O–H groups in total. The van der Waals surface area contributed by atoms with E-state index in [2.05, 4.69) is 30.1 Å². The molecule has 1 saturated heterocycles. The summed E-state index contributed by atoms with van der Waals surface area (Å²) in [5.41, 5.74) is 1.50. The summed E-state index contributed by atoms with van der Waals surface area (Å²) in [6, 6.07) is 15.3. The molecule has 7 heteroatoms. The summed E-state index contributed by atoms with van der Waals surface area (Å²) in [6.45, 7) is 5.08. The minimum atomic E-state index is 0.0396. The number of carbonyl (C=O) groups excluding carboxylic acids is 1. The number of aromatic nitrogens is 3. The van der Waals surface area contributed by atoms with E-state index in [1.807, 2.05) is 48.7 Å². The van der Waals surface area contributed by atoms with Gasteiger partial charge in [0.1, 0.15) is 23.8 Å². The smallest absolute Gasteiger partial charge is 0.159 e. The Morgan fingerprint density at radius 1 is 0.893 bits per heavy atom. The van der Waals surface area contributed by atoms with Crippen LogP contribution in [0, 0.1) is 0 Å². The van der Waals surface area contributed by atoms with Crippen LogP contribution in [0.25, 0.3) is 0 Å². The second kappa shape index (κ2) is 8.04. The SMILES string of the molecule is CC(=O)c1cccc(Nc2cc(N3CCN(c4ccccn4)CC3)ncn2)c1. The minimum absolute atomic E-state index is 0.0396. The fourth-order valence-corrected chi connectivity index (χ4v) is 3.26. The first-order valence-electron chi connectivity index (χ1n) is 9.30. The van der Waals surface area contributed by atoms with Crippen molar-refractivity contribution in [1.29, 1.82) is 0 Å². The Morgan fingerprint density at radius 2 is 1.68 bits per heavy atom. The van der Waals surface area contributed by atoms with E-state index in [0.717, 1.165) is 43.5 Å². The number of hydrogen-bond acceptors (Lipinski definition) is 7. The average molecular weight is 374 g/mol. The van der Waals surface area contributed by atoms with Crippen molar-refractivity contribution in [2.24, 2.45) is 0 Å². The summed E-state index contributed by atoms with van der Waals surface area (Å²) >= 11 is 0. The lowest BCUT2D eigenvalue weighted by Gasteiger charge is -2.36. The van der Waals surface area contributed by atoms with E-state index in [1.165, 1.54) is 0 Å². The molecule has 4 rings (SSSR count). The first-order valence-corrected chi connectivity index (χ1v) is 9.30. The predicted molar refractivity (Wildman–Crippen MR) is 110 cm³/mol. The zero-order valence-electron chi connectivity index (χ0n) is 15.7. The summed E-state index contributed by atoms with van der Waals surface area (Å²) in [5.74, 6) is 2.65. The number of piperazine rings is 1. The maximum Gasteiger partial charge on any atom is 0.159 e. The number of hydrogen-bond donors (Lipinski definition) is 1. The van der Waals surface area contributed by atoms with Crippen molar-refractivity contribution >= 4 is 28.9 Å². The van der Waals surface area contributed by atoms with Gasteiger partial charge in [0.15, 0.2) is 5.78 Å². The van der Waals surface area contributed by atoms with Crippen LogP contribution in [0.3, 0.4) is 0 Å². The number of benzene rings is 1. The molecule has 0 amide bonds. The maximum atomic E-state index is 11.6. The Balaban J connectivity index is 1.43. The monoisotopic (exact) mass is 374 g/mol. The number of nitrogens with one attached hydrogen (secondary N) is 1. The standard InChI is InChI=1S/C21H22N6O/c1-16(28)17-5-4-6-18(13-17)25-19-14-21(24-15-23-19)27-11-9-26(10-12-27)20-7-2-3-8-22-20/h2-8,13-15H,9-12H2,1H3,(H,23,24,25). The van der Waals surface area contributed by atoms with Crippen molar-refractivity contribution < 1.29 is 4.79 Å². The molecular formula is C21H22N6O. The van der Waals surface area contributed by atoms with Gasteiger partial charge in [0, 0.05) is 49.7 Å². The van der Waals surface area contributed by atoms with Gasteiger partial charge in [-0.25, -0.2) is 15.0 Å². The highest BCUT2D eigenvalue weighted by Crippen LogP contribution is 2.21. The molecule has 1 aromatic carbocycles. The van der Waals surface area contributed by atoms with Gasteiger partial charge >= 0.3 is 0 Å². The summed E-state index contributed by atoms with van der Waals surface area (Å²) in [6.07, 6.45) is 3.39. The topological polar surface area (TPSA) is 74.2 Å². The van der Waals surface area contributed by atoms with E-state index in [1.54, 1.807) is 19.3 Å². The highest BCUT2D eigenvalue weighted by atomic mass is 16.1. The summed E-state index contributed by atoms with van der Waals surface area (Å²) in [7, 11) is 0. The Morgan fingerprint density at radius 3 is 2.39 bits per heavy atom. The van der Waals surface area contributed by atoms with Gasteiger partial charge < -0.3 is 15.1 Å². The molecular weight excluding hydrogens is 352 g/mol. The van der Waals surface area contributed by atoms with E-state index in [9.17, 15) is 4.79 Å². The molecule has 28 heavy (non-hydrogen) atoms. The van der Waals surface area contributed by atoms with E-state index < -0.39 is 0 Å². The van der Waals surface area contributed by atoms with Crippen LogP contribution in [-0.2, 0) is 0 Å². The van der Waals surface area contributed by atoms with Crippen molar-refractivity contribution in [3.8, 4) is 0 Å². The number of anilines is 4. The lowest BCUT2D eigenvalue weighted by molar-refractivity contribution is 0.101. The zero-order valence-corrected chi connectivity index (χ0v) is 15.7. The number of ketones is 1. The fourth-order valence-electron chi connectivity index (χ4n) is 3.26. The molecule has 0 unspecified atom stereocenters. The van der Waals surface area contributed by atoms with Crippen molar-refractivity contribution in [2.45, 2.75) is 6.92 Å². The van der Waals surface area contributed by atoms with E-state index in [4.69, 9.17) is 0 Å².